The van der Waals surface area contributed by atoms with Gasteiger partial charge < -0.3 is 0 Å². The van der Waals surface area contributed by atoms with Crippen LogP contribution in [-0.2, 0) is 6.54 Å². The van der Waals surface area contributed by atoms with Crippen LogP contribution in [0.1, 0.15) is 11.6 Å². The molecule has 3 aromatic rings. The van der Waals surface area contributed by atoms with Gasteiger partial charge in [0.15, 0.2) is 11.5 Å². The number of hydrogen-bond donors (Lipinski definition) is 0. The van der Waals surface area contributed by atoms with Crippen molar-refractivity contribution in [3.63, 3.8) is 0 Å². The minimum Gasteiger partial charge on any atom is -0.265 e. The smallest absolute Gasteiger partial charge is 0.165 e. The summed E-state index contributed by atoms with van der Waals surface area (Å²) in [6.45, 7) is 2.35. The molecule has 0 saturated heterocycles. The number of hydrogen-bond acceptors (Lipinski definition) is 5. The number of halogens is 1. The van der Waals surface area contributed by atoms with Gasteiger partial charge in [-0.25, -0.2) is 14.6 Å². The second-order valence-corrected chi connectivity index (χ2v) is 3.92. The van der Waals surface area contributed by atoms with Crippen molar-refractivity contribution in [2.75, 3.05) is 0 Å². The van der Waals surface area contributed by atoms with Crippen molar-refractivity contribution in [3.05, 3.63) is 35.5 Å². The van der Waals surface area contributed by atoms with E-state index in [0.717, 1.165) is 11.6 Å². The Hall–Kier alpha value is -2.02. The van der Waals surface area contributed by atoms with Crippen molar-refractivity contribution in [3.8, 4) is 0 Å². The first-order valence-corrected chi connectivity index (χ1v) is 5.31. The molecular weight excluding hydrogens is 242 g/mol. The molecule has 7 nitrogen and oxygen atoms in total. The molecule has 0 spiro atoms. The van der Waals surface area contributed by atoms with E-state index >= 15 is 0 Å². The lowest BCUT2D eigenvalue weighted by atomic mass is 10.5. The van der Waals surface area contributed by atoms with Crippen LogP contribution in [0.2, 0.25) is 5.15 Å². The average Bonchev–Trinajstić information content (AvgIpc) is 2.88. The first kappa shape index (κ1) is 10.2. The predicted octanol–water partition coefficient (Wildman–Crippen LogP) is 0.726. The van der Waals surface area contributed by atoms with E-state index in [1.165, 1.54) is 6.33 Å². The Labute approximate surface area is 101 Å². The van der Waals surface area contributed by atoms with Crippen LogP contribution >= 0.6 is 11.6 Å². The lowest BCUT2D eigenvalue weighted by molar-refractivity contribution is 0.643. The molecule has 8 heteroatoms. The molecular formula is C9H8ClN7. The largest absolute Gasteiger partial charge is 0.265 e. The topological polar surface area (TPSA) is 73.8 Å². The van der Waals surface area contributed by atoms with Crippen LogP contribution in [0.4, 0.5) is 0 Å². The van der Waals surface area contributed by atoms with E-state index in [4.69, 9.17) is 11.6 Å². The van der Waals surface area contributed by atoms with Gasteiger partial charge in [0.2, 0.25) is 0 Å². The van der Waals surface area contributed by atoms with Gasteiger partial charge in [0, 0.05) is 6.07 Å². The highest BCUT2D eigenvalue weighted by Crippen LogP contribution is 2.12. The van der Waals surface area contributed by atoms with Crippen molar-refractivity contribution in [2.45, 2.75) is 13.5 Å². The Morgan fingerprint density at radius 1 is 1.35 bits per heavy atom. The van der Waals surface area contributed by atoms with Crippen LogP contribution in [0.3, 0.4) is 0 Å². The fourth-order valence-corrected chi connectivity index (χ4v) is 1.90. The summed E-state index contributed by atoms with van der Waals surface area (Å²) < 4.78 is 3.51. The maximum absolute atomic E-state index is 5.86. The number of rotatable bonds is 2. The Morgan fingerprint density at radius 2 is 2.24 bits per heavy atom. The summed E-state index contributed by atoms with van der Waals surface area (Å²) in [6, 6.07) is 1.67. The molecule has 0 saturated carbocycles. The number of nitrogens with zero attached hydrogens (tertiary/aromatic N) is 7. The lowest BCUT2D eigenvalue weighted by Crippen LogP contribution is -2.07. The van der Waals surface area contributed by atoms with Crippen LogP contribution in [0.25, 0.3) is 5.65 Å². The first-order valence-electron chi connectivity index (χ1n) is 4.93. The highest BCUT2D eigenvalue weighted by molar-refractivity contribution is 6.29. The molecule has 0 N–H and O–H groups in total. The van der Waals surface area contributed by atoms with Crippen LogP contribution in [0.15, 0.2) is 18.7 Å². The van der Waals surface area contributed by atoms with E-state index in [2.05, 4.69) is 25.3 Å². The van der Waals surface area contributed by atoms with E-state index < -0.39 is 0 Å². The van der Waals surface area contributed by atoms with E-state index in [0.29, 0.717) is 17.3 Å². The first-order chi connectivity index (χ1) is 8.24. The van der Waals surface area contributed by atoms with Crippen molar-refractivity contribution in [1.29, 1.82) is 0 Å². The molecule has 86 valence electrons. The van der Waals surface area contributed by atoms with Gasteiger partial charge in [-0.15, -0.1) is 10.2 Å². The maximum atomic E-state index is 5.86. The van der Waals surface area contributed by atoms with Crippen LogP contribution in [0.5, 0.6) is 0 Å². The second-order valence-electron chi connectivity index (χ2n) is 3.53. The van der Waals surface area contributed by atoms with Gasteiger partial charge in [-0.2, -0.15) is 5.10 Å². The normalized spacial score (nSPS) is 11.2. The molecule has 0 aliphatic heterocycles. The van der Waals surface area contributed by atoms with E-state index in [1.54, 1.807) is 17.1 Å². The standard InChI is InChI=1S/C9H8ClN7/c1-6-13-7(10)2-8-14-15-9(17(6)8)3-16-5-11-4-12-16/h2,4-5H,3H2,1H3. The predicted molar refractivity (Wildman–Crippen MR) is 59.7 cm³/mol. The summed E-state index contributed by atoms with van der Waals surface area (Å²) in [5.74, 6) is 1.49. The molecule has 0 aliphatic carbocycles. The fraction of sp³-hybridized carbons (Fsp3) is 0.222. The molecule has 0 amide bonds. The second kappa shape index (κ2) is 3.77. The Morgan fingerprint density at radius 3 is 3.00 bits per heavy atom. The molecule has 0 bridgehead atoms. The molecule has 0 fully saturated rings. The summed E-state index contributed by atoms with van der Waals surface area (Å²) in [5, 5.41) is 12.6. The molecule has 0 atom stereocenters. The molecule has 3 heterocycles. The highest BCUT2D eigenvalue weighted by Gasteiger charge is 2.10. The monoisotopic (exact) mass is 249 g/mol. The van der Waals surface area contributed by atoms with E-state index in [1.807, 2.05) is 11.3 Å². The molecule has 17 heavy (non-hydrogen) atoms. The van der Waals surface area contributed by atoms with Crippen molar-refractivity contribution >= 4 is 17.2 Å². The molecule has 0 unspecified atom stereocenters. The molecule has 0 aliphatic rings. The van der Waals surface area contributed by atoms with Crippen molar-refractivity contribution in [1.82, 2.24) is 34.3 Å². The van der Waals surface area contributed by atoms with Crippen LogP contribution < -0.4 is 0 Å². The molecule has 3 rings (SSSR count). The van der Waals surface area contributed by atoms with Crippen LogP contribution in [0, 0.1) is 6.92 Å². The average molecular weight is 250 g/mol. The van der Waals surface area contributed by atoms with E-state index in [-0.39, 0.29) is 0 Å². The van der Waals surface area contributed by atoms with Gasteiger partial charge in [0.1, 0.15) is 30.2 Å². The summed E-state index contributed by atoms with van der Waals surface area (Å²) in [6.07, 6.45) is 3.10. The van der Waals surface area contributed by atoms with Gasteiger partial charge >= 0.3 is 0 Å². The molecule has 0 aromatic carbocycles. The minimum atomic E-state index is 0.412. The molecule has 3 aromatic heterocycles. The summed E-state index contributed by atoms with van der Waals surface area (Å²) >= 11 is 5.86. The third kappa shape index (κ3) is 1.74. The van der Waals surface area contributed by atoms with Gasteiger partial charge in [0.25, 0.3) is 0 Å². The van der Waals surface area contributed by atoms with Crippen molar-refractivity contribution in [2.24, 2.45) is 0 Å². The zero-order chi connectivity index (χ0) is 11.8. The van der Waals surface area contributed by atoms with Gasteiger partial charge in [-0.3, -0.25) is 4.40 Å². The third-order valence-corrected chi connectivity index (χ3v) is 2.56. The van der Waals surface area contributed by atoms with Gasteiger partial charge in [-0.1, -0.05) is 11.6 Å². The number of aryl methyl sites for hydroxylation is 1. The van der Waals surface area contributed by atoms with Gasteiger partial charge in [-0.05, 0) is 6.92 Å². The Kier molecular flexibility index (Phi) is 2.25. The Balaban J connectivity index is 2.12. The van der Waals surface area contributed by atoms with Crippen molar-refractivity contribution < 1.29 is 0 Å². The highest BCUT2D eigenvalue weighted by atomic mass is 35.5. The number of aromatic nitrogens is 7. The summed E-state index contributed by atoms with van der Waals surface area (Å²) in [4.78, 5) is 8.04. The summed E-state index contributed by atoms with van der Waals surface area (Å²) in [7, 11) is 0. The third-order valence-electron chi connectivity index (χ3n) is 2.37. The minimum absolute atomic E-state index is 0.412. The zero-order valence-electron chi connectivity index (χ0n) is 8.95. The quantitative estimate of drug-likeness (QED) is 0.626. The maximum Gasteiger partial charge on any atom is 0.165 e. The lowest BCUT2D eigenvalue weighted by Gasteiger charge is -2.03. The fourth-order valence-electron chi connectivity index (χ4n) is 1.68. The van der Waals surface area contributed by atoms with Crippen LogP contribution in [-0.4, -0.2) is 34.3 Å². The summed E-state index contributed by atoms with van der Waals surface area (Å²) in [5.41, 5.74) is 0.678. The van der Waals surface area contributed by atoms with Gasteiger partial charge in [0.05, 0.1) is 0 Å². The number of fused-ring (bicyclic) bond motifs is 1. The Bertz CT molecular complexity index is 657. The zero-order valence-corrected chi connectivity index (χ0v) is 9.70. The molecule has 0 radical (unpaired) electrons. The SMILES string of the molecule is Cc1nc(Cl)cc2nnc(Cn3cncn3)n12. The van der Waals surface area contributed by atoms with E-state index in [9.17, 15) is 0 Å².